The van der Waals surface area contributed by atoms with E-state index >= 15 is 0 Å². The molecule has 8 heteroatoms. The zero-order chi connectivity index (χ0) is 15.6. The Balaban J connectivity index is 2.17. The van der Waals surface area contributed by atoms with Crippen LogP contribution in [0.2, 0.25) is 0 Å². The molecule has 0 saturated carbocycles. The zero-order valence-corrected chi connectivity index (χ0v) is 13.2. The Kier molecular flexibility index (Phi) is 4.60. The molecule has 3 N–H and O–H groups in total. The van der Waals surface area contributed by atoms with E-state index in [1.54, 1.807) is 31.2 Å². The minimum Gasteiger partial charge on any atom is -0.389 e. The molecule has 0 aromatic heterocycles. The van der Waals surface area contributed by atoms with Crippen molar-refractivity contribution in [3.63, 3.8) is 0 Å². The molecule has 2 rings (SSSR count). The highest BCUT2D eigenvalue weighted by atomic mass is 32.2. The van der Waals surface area contributed by atoms with E-state index in [1.807, 2.05) is 0 Å². The lowest BCUT2D eigenvalue weighted by Gasteiger charge is -2.31. The minimum atomic E-state index is -3.54. The normalized spacial score (nSPS) is 20.0. The summed E-state index contributed by atoms with van der Waals surface area (Å²) in [5.74, 6) is -0.420. The van der Waals surface area contributed by atoms with Gasteiger partial charge in [-0.05, 0) is 12.5 Å². The van der Waals surface area contributed by atoms with Crippen molar-refractivity contribution in [1.82, 2.24) is 9.62 Å². The van der Waals surface area contributed by atoms with Crippen LogP contribution in [-0.4, -0.2) is 42.8 Å². The van der Waals surface area contributed by atoms with E-state index in [9.17, 15) is 13.2 Å². The average Bonchev–Trinajstić information content (AvgIpc) is 2.41. The molecule has 0 radical (unpaired) electrons. The zero-order valence-electron chi connectivity index (χ0n) is 11.6. The fourth-order valence-electron chi connectivity index (χ4n) is 2.20. The summed E-state index contributed by atoms with van der Waals surface area (Å²) in [6.07, 6.45) is 0. The van der Waals surface area contributed by atoms with Gasteiger partial charge in [0.05, 0.1) is 5.75 Å². The van der Waals surface area contributed by atoms with Gasteiger partial charge in [-0.15, -0.1) is 0 Å². The van der Waals surface area contributed by atoms with Gasteiger partial charge in [0, 0.05) is 18.7 Å². The van der Waals surface area contributed by atoms with Crippen molar-refractivity contribution in [3.05, 3.63) is 35.4 Å². The molecule has 114 valence electrons. The second-order valence-electron chi connectivity index (χ2n) is 4.90. The fraction of sp³-hybridized carbons (Fsp3) is 0.385. The van der Waals surface area contributed by atoms with E-state index in [-0.39, 0.29) is 16.6 Å². The summed E-state index contributed by atoms with van der Waals surface area (Å²) in [4.78, 5) is 11.8. The van der Waals surface area contributed by atoms with Crippen LogP contribution in [0.5, 0.6) is 0 Å². The molecule has 0 bridgehead atoms. The van der Waals surface area contributed by atoms with Crippen molar-refractivity contribution in [3.8, 4) is 0 Å². The first kappa shape index (κ1) is 15.9. The lowest BCUT2D eigenvalue weighted by atomic mass is 10.1. The van der Waals surface area contributed by atoms with Gasteiger partial charge in [0.2, 0.25) is 15.9 Å². The largest absolute Gasteiger partial charge is 0.389 e. The van der Waals surface area contributed by atoms with Crippen molar-refractivity contribution in [2.24, 2.45) is 5.73 Å². The van der Waals surface area contributed by atoms with Gasteiger partial charge in [-0.1, -0.05) is 36.5 Å². The van der Waals surface area contributed by atoms with Gasteiger partial charge >= 0.3 is 0 Å². The quantitative estimate of drug-likeness (QED) is 0.758. The number of benzene rings is 1. The molecule has 1 saturated heterocycles. The third-order valence-electron chi connectivity index (χ3n) is 3.39. The molecular weight excluding hydrogens is 310 g/mol. The number of nitrogens with one attached hydrogen (secondary N) is 1. The average molecular weight is 327 g/mol. The summed E-state index contributed by atoms with van der Waals surface area (Å²) < 4.78 is 26.1. The molecule has 1 fully saturated rings. The number of thiocarbonyl (C=S) groups is 1. The van der Waals surface area contributed by atoms with Gasteiger partial charge in [0.25, 0.3) is 0 Å². The van der Waals surface area contributed by atoms with Crippen molar-refractivity contribution >= 4 is 33.1 Å². The number of sulfonamides is 1. The van der Waals surface area contributed by atoms with E-state index in [2.05, 4.69) is 5.32 Å². The molecule has 1 aliphatic heterocycles. The minimum absolute atomic E-state index is 0.151. The van der Waals surface area contributed by atoms with Crippen molar-refractivity contribution < 1.29 is 13.2 Å². The summed E-state index contributed by atoms with van der Waals surface area (Å²) in [5, 5.41) is 2.64. The van der Waals surface area contributed by atoms with Crippen LogP contribution < -0.4 is 11.1 Å². The Hall–Kier alpha value is -1.51. The Morgan fingerprint density at radius 1 is 1.43 bits per heavy atom. The summed E-state index contributed by atoms with van der Waals surface area (Å²) >= 11 is 4.85. The summed E-state index contributed by atoms with van der Waals surface area (Å²) in [5.41, 5.74) is 6.83. The van der Waals surface area contributed by atoms with E-state index in [1.165, 1.54) is 4.31 Å². The number of carbonyl (C=O) groups excluding carboxylic acids is 1. The molecule has 1 aromatic carbocycles. The molecule has 1 unspecified atom stereocenters. The highest BCUT2D eigenvalue weighted by molar-refractivity contribution is 7.88. The molecule has 1 heterocycles. The van der Waals surface area contributed by atoms with Gasteiger partial charge in [0.15, 0.2) is 0 Å². The predicted molar refractivity (Wildman–Crippen MR) is 84.1 cm³/mol. The van der Waals surface area contributed by atoms with Crippen LogP contribution in [0.4, 0.5) is 0 Å². The number of carbonyl (C=O) groups is 1. The topological polar surface area (TPSA) is 92.5 Å². The Morgan fingerprint density at radius 3 is 2.62 bits per heavy atom. The monoisotopic (exact) mass is 327 g/mol. The van der Waals surface area contributed by atoms with Crippen LogP contribution >= 0.6 is 12.2 Å². The first-order chi connectivity index (χ1) is 9.81. The molecule has 0 aliphatic carbocycles. The van der Waals surface area contributed by atoms with E-state index in [4.69, 9.17) is 18.0 Å². The smallest absolute Gasteiger partial charge is 0.238 e. The fourth-order valence-corrected chi connectivity index (χ4v) is 4.06. The molecule has 21 heavy (non-hydrogen) atoms. The Morgan fingerprint density at radius 2 is 2.05 bits per heavy atom. The van der Waals surface area contributed by atoms with Gasteiger partial charge in [-0.3, -0.25) is 4.79 Å². The number of hydrogen-bond donors (Lipinski definition) is 2. The highest BCUT2D eigenvalue weighted by Gasteiger charge is 2.34. The first-order valence-corrected chi connectivity index (χ1v) is 8.49. The number of rotatable bonds is 4. The third kappa shape index (κ3) is 3.58. The lowest BCUT2D eigenvalue weighted by Crippen LogP contribution is -2.55. The van der Waals surface area contributed by atoms with Crippen LogP contribution in [0, 0.1) is 0 Å². The van der Waals surface area contributed by atoms with Gasteiger partial charge in [-0.25, -0.2) is 8.42 Å². The number of nitrogens with two attached hydrogens (primary N) is 1. The second kappa shape index (κ2) is 6.08. The summed E-state index contributed by atoms with van der Waals surface area (Å²) in [7, 11) is -3.54. The van der Waals surface area contributed by atoms with Gasteiger partial charge < -0.3 is 11.1 Å². The SMILES string of the molecule is CC1C(=O)NCCN1S(=O)(=O)Cc1ccc(C(N)=S)cc1. The highest BCUT2D eigenvalue weighted by Crippen LogP contribution is 2.16. The van der Waals surface area contributed by atoms with E-state index < -0.39 is 16.1 Å². The van der Waals surface area contributed by atoms with Crippen LogP contribution in [0.15, 0.2) is 24.3 Å². The van der Waals surface area contributed by atoms with Crippen LogP contribution in [0.1, 0.15) is 18.1 Å². The molecule has 1 amide bonds. The Labute approximate surface area is 129 Å². The number of amides is 1. The number of nitrogens with zero attached hydrogens (tertiary/aromatic N) is 1. The maximum Gasteiger partial charge on any atom is 0.238 e. The third-order valence-corrected chi connectivity index (χ3v) is 5.53. The standard InChI is InChI=1S/C13H17N3O3S2/c1-9-13(17)15-6-7-16(9)21(18,19)8-10-2-4-11(5-3-10)12(14)20/h2-5,9H,6-8H2,1H3,(H2,14,20)(H,15,17). The first-order valence-electron chi connectivity index (χ1n) is 6.47. The van der Waals surface area contributed by atoms with Crippen LogP contribution in [0.25, 0.3) is 0 Å². The molecule has 6 nitrogen and oxygen atoms in total. The summed E-state index contributed by atoms with van der Waals surface area (Å²) in [6, 6.07) is 6.07. The van der Waals surface area contributed by atoms with Crippen molar-refractivity contribution in [2.75, 3.05) is 13.1 Å². The molecular formula is C13H17N3O3S2. The molecule has 1 atom stereocenters. The lowest BCUT2D eigenvalue weighted by molar-refractivity contribution is -0.126. The van der Waals surface area contributed by atoms with E-state index in [0.717, 1.165) is 0 Å². The maximum absolute atomic E-state index is 12.4. The molecule has 0 spiro atoms. The number of hydrogen-bond acceptors (Lipinski definition) is 4. The Bertz CT molecular complexity index is 656. The van der Waals surface area contributed by atoms with Crippen LogP contribution in [-0.2, 0) is 20.6 Å². The maximum atomic E-state index is 12.4. The predicted octanol–water partition coefficient (Wildman–Crippen LogP) is -0.0291. The van der Waals surface area contributed by atoms with Crippen molar-refractivity contribution in [1.29, 1.82) is 0 Å². The van der Waals surface area contributed by atoms with E-state index in [0.29, 0.717) is 24.2 Å². The molecule has 1 aliphatic rings. The molecule has 1 aromatic rings. The second-order valence-corrected chi connectivity index (χ2v) is 7.26. The summed E-state index contributed by atoms with van der Waals surface area (Å²) in [6.45, 7) is 2.21. The van der Waals surface area contributed by atoms with Gasteiger partial charge in [0.1, 0.15) is 11.0 Å². The van der Waals surface area contributed by atoms with Gasteiger partial charge in [-0.2, -0.15) is 4.31 Å². The number of piperazine rings is 1. The van der Waals surface area contributed by atoms with Crippen molar-refractivity contribution in [2.45, 2.75) is 18.7 Å². The van der Waals surface area contributed by atoms with Crippen LogP contribution in [0.3, 0.4) is 0 Å².